The molecule has 3 aromatic rings. The quantitative estimate of drug-likeness (QED) is 0.694. The van der Waals surface area contributed by atoms with Gasteiger partial charge in [0.1, 0.15) is 0 Å². The Morgan fingerprint density at radius 1 is 1.12 bits per heavy atom. The first kappa shape index (κ1) is 18.3. The number of hydrogen-bond donors (Lipinski definition) is 1. The summed E-state index contributed by atoms with van der Waals surface area (Å²) in [5, 5.41) is 4.54. The van der Waals surface area contributed by atoms with Gasteiger partial charge in [-0.1, -0.05) is 29.8 Å². The molecule has 0 aliphatic carbocycles. The minimum atomic E-state index is -3.38. The predicted molar refractivity (Wildman–Crippen MR) is 102 cm³/mol. The summed E-state index contributed by atoms with van der Waals surface area (Å²) in [6.07, 6.45) is 3.48. The molecule has 0 amide bonds. The zero-order chi connectivity index (χ0) is 18.6. The van der Waals surface area contributed by atoms with Crippen LogP contribution in [0.2, 0.25) is 0 Å². The molecule has 0 atom stereocenters. The number of sulfonamides is 1. The van der Waals surface area contributed by atoms with Gasteiger partial charge in [0.25, 0.3) is 0 Å². The van der Waals surface area contributed by atoms with Crippen molar-refractivity contribution in [2.45, 2.75) is 26.1 Å². The molecule has 0 saturated heterocycles. The Labute approximate surface area is 154 Å². The number of hydrogen-bond acceptors (Lipinski definition) is 4. The number of nitrogens with zero attached hydrogens (tertiary/aromatic N) is 3. The number of rotatable bonds is 7. The van der Waals surface area contributed by atoms with E-state index in [0.717, 1.165) is 28.1 Å². The summed E-state index contributed by atoms with van der Waals surface area (Å²) in [6.45, 7) is 4.67. The van der Waals surface area contributed by atoms with Gasteiger partial charge in [-0.15, -0.1) is 0 Å². The Hall–Kier alpha value is -2.51. The molecule has 0 saturated carbocycles. The Kier molecular flexibility index (Phi) is 5.49. The van der Waals surface area contributed by atoms with Crippen LogP contribution in [-0.2, 0) is 22.3 Å². The third kappa shape index (κ3) is 4.77. The molecule has 0 bridgehead atoms. The molecule has 1 aromatic carbocycles. The second-order valence-corrected chi connectivity index (χ2v) is 8.09. The number of nitrogens with one attached hydrogen (secondary N) is 1. The van der Waals surface area contributed by atoms with E-state index in [-0.39, 0.29) is 5.75 Å². The molecular formula is C19H22N4O2S. The highest BCUT2D eigenvalue weighted by Gasteiger charge is 2.12. The smallest absolute Gasteiger partial charge is 0.215 e. The highest BCUT2D eigenvalue weighted by Crippen LogP contribution is 2.17. The summed E-state index contributed by atoms with van der Waals surface area (Å²) >= 11 is 0. The van der Waals surface area contributed by atoms with Gasteiger partial charge < -0.3 is 0 Å². The first-order valence-electron chi connectivity index (χ1n) is 8.41. The Morgan fingerprint density at radius 3 is 2.69 bits per heavy atom. The standard InChI is InChI=1S/C19H22N4O2S/c1-15-5-3-6-17(11-15)14-26(24,25)21-9-10-23-16(2)12-19(22-23)18-7-4-8-20-13-18/h3-8,11-13,21H,9-10,14H2,1-2H3. The molecule has 0 unspecified atom stereocenters. The zero-order valence-electron chi connectivity index (χ0n) is 14.9. The van der Waals surface area contributed by atoms with Gasteiger partial charge in [-0.05, 0) is 37.6 Å². The van der Waals surface area contributed by atoms with Gasteiger partial charge >= 0.3 is 0 Å². The van der Waals surface area contributed by atoms with Crippen LogP contribution in [0.5, 0.6) is 0 Å². The molecule has 26 heavy (non-hydrogen) atoms. The van der Waals surface area contributed by atoms with Crippen LogP contribution in [0, 0.1) is 13.8 Å². The molecule has 6 nitrogen and oxygen atoms in total. The first-order chi connectivity index (χ1) is 12.4. The van der Waals surface area contributed by atoms with Crippen LogP contribution in [0.25, 0.3) is 11.3 Å². The van der Waals surface area contributed by atoms with Crippen LogP contribution in [0.4, 0.5) is 0 Å². The number of aryl methyl sites for hydroxylation is 2. The molecule has 0 aliphatic heterocycles. The van der Waals surface area contributed by atoms with Crippen LogP contribution in [-0.4, -0.2) is 29.7 Å². The third-order valence-corrected chi connectivity index (χ3v) is 5.38. The Morgan fingerprint density at radius 2 is 1.96 bits per heavy atom. The monoisotopic (exact) mass is 370 g/mol. The second-order valence-electron chi connectivity index (χ2n) is 6.28. The molecule has 0 radical (unpaired) electrons. The topological polar surface area (TPSA) is 76.9 Å². The van der Waals surface area contributed by atoms with Crippen molar-refractivity contribution in [3.8, 4) is 11.3 Å². The third-order valence-electron chi connectivity index (χ3n) is 4.02. The van der Waals surface area contributed by atoms with E-state index in [2.05, 4.69) is 14.8 Å². The highest BCUT2D eigenvalue weighted by molar-refractivity contribution is 7.88. The maximum absolute atomic E-state index is 12.3. The van der Waals surface area contributed by atoms with Crippen molar-refractivity contribution in [1.82, 2.24) is 19.5 Å². The van der Waals surface area contributed by atoms with E-state index >= 15 is 0 Å². The molecule has 0 fully saturated rings. The highest BCUT2D eigenvalue weighted by atomic mass is 32.2. The fourth-order valence-corrected chi connectivity index (χ4v) is 3.89. The van der Waals surface area contributed by atoms with E-state index in [1.807, 2.05) is 56.3 Å². The SMILES string of the molecule is Cc1cccc(CS(=O)(=O)NCCn2nc(-c3cccnc3)cc2C)c1. The summed E-state index contributed by atoms with van der Waals surface area (Å²) in [4.78, 5) is 4.10. The van der Waals surface area contributed by atoms with Crippen molar-refractivity contribution < 1.29 is 8.42 Å². The van der Waals surface area contributed by atoms with E-state index in [1.54, 1.807) is 17.1 Å². The second kappa shape index (κ2) is 7.80. The predicted octanol–water partition coefficient (Wildman–Crippen LogP) is 2.68. The maximum atomic E-state index is 12.3. The van der Waals surface area contributed by atoms with Crippen molar-refractivity contribution in [3.63, 3.8) is 0 Å². The molecule has 136 valence electrons. The minimum absolute atomic E-state index is 0.0201. The summed E-state index contributed by atoms with van der Waals surface area (Å²) in [6, 6.07) is 13.3. The summed E-state index contributed by atoms with van der Waals surface area (Å²) in [7, 11) is -3.38. The lowest BCUT2D eigenvalue weighted by atomic mass is 10.2. The number of aromatic nitrogens is 3. The number of benzene rings is 1. The van der Waals surface area contributed by atoms with Crippen molar-refractivity contribution in [1.29, 1.82) is 0 Å². The van der Waals surface area contributed by atoms with Crippen molar-refractivity contribution in [3.05, 3.63) is 71.7 Å². The largest absolute Gasteiger partial charge is 0.268 e. The van der Waals surface area contributed by atoms with E-state index < -0.39 is 10.0 Å². The summed E-state index contributed by atoms with van der Waals surface area (Å²) in [5.74, 6) is -0.0201. The van der Waals surface area contributed by atoms with E-state index in [0.29, 0.717) is 13.1 Å². The molecule has 7 heteroatoms. The molecular weight excluding hydrogens is 348 g/mol. The van der Waals surface area contributed by atoms with Crippen LogP contribution in [0.1, 0.15) is 16.8 Å². The average molecular weight is 370 g/mol. The van der Waals surface area contributed by atoms with Gasteiger partial charge in [0.05, 0.1) is 18.0 Å². The lowest BCUT2D eigenvalue weighted by Gasteiger charge is -2.08. The van der Waals surface area contributed by atoms with Gasteiger partial charge in [-0.3, -0.25) is 9.67 Å². The first-order valence-corrected chi connectivity index (χ1v) is 10.1. The van der Waals surface area contributed by atoms with E-state index in [9.17, 15) is 8.42 Å². The van der Waals surface area contributed by atoms with Crippen LogP contribution >= 0.6 is 0 Å². The molecule has 2 heterocycles. The van der Waals surface area contributed by atoms with Crippen molar-refractivity contribution >= 4 is 10.0 Å². The van der Waals surface area contributed by atoms with Gasteiger partial charge in [0, 0.05) is 30.2 Å². The van der Waals surface area contributed by atoms with Crippen LogP contribution in [0.3, 0.4) is 0 Å². The molecule has 2 aromatic heterocycles. The van der Waals surface area contributed by atoms with E-state index in [1.165, 1.54) is 0 Å². The molecule has 0 spiro atoms. The van der Waals surface area contributed by atoms with Crippen LogP contribution < -0.4 is 4.72 Å². The fraction of sp³-hybridized carbons (Fsp3) is 0.263. The molecule has 3 rings (SSSR count). The van der Waals surface area contributed by atoms with E-state index in [4.69, 9.17) is 0 Å². The summed E-state index contributed by atoms with van der Waals surface area (Å²) in [5.41, 5.74) is 4.58. The van der Waals surface area contributed by atoms with Gasteiger partial charge in [-0.25, -0.2) is 13.1 Å². The van der Waals surface area contributed by atoms with Crippen molar-refractivity contribution in [2.24, 2.45) is 0 Å². The lowest BCUT2D eigenvalue weighted by molar-refractivity contribution is 0.555. The lowest BCUT2D eigenvalue weighted by Crippen LogP contribution is -2.29. The Bertz CT molecular complexity index is 982. The zero-order valence-corrected chi connectivity index (χ0v) is 15.7. The fourth-order valence-electron chi connectivity index (χ4n) is 2.77. The maximum Gasteiger partial charge on any atom is 0.215 e. The van der Waals surface area contributed by atoms with Crippen LogP contribution in [0.15, 0.2) is 54.9 Å². The van der Waals surface area contributed by atoms with Gasteiger partial charge in [0.2, 0.25) is 10.0 Å². The Balaban J connectivity index is 1.60. The van der Waals surface area contributed by atoms with Gasteiger partial charge in [0.15, 0.2) is 0 Å². The normalized spacial score (nSPS) is 11.6. The molecule has 1 N–H and O–H groups in total. The average Bonchev–Trinajstić information content (AvgIpc) is 2.96. The number of pyridine rings is 1. The minimum Gasteiger partial charge on any atom is -0.268 e. The summed E-state index contributed by atoms with van der Waals surface area (Å²) < 4.78 is 29.0. The van der Waals surface area contributed by atoms with Crippen molar-refractivity contribution in [2.75, 3.05) is 6.54 Å². The molecule has 0 aliphatic rings. The van der Waals surface area contributed by atoms with Gasteiger partial charge in [-0.2, -0.15) is 5.10 Å².